The molecule has 0 aromatic heterocycles. The molecule has 1 fully saturated rings. The number of rotatable bonds is 12. The summed E-state index contributed by atoms with van der Waals surface area (Å²) in [6, 6.07) is 13.8. The molecule has 48 heavy (non-hydrogen) atoms. The van der Waals surface area contributed by atoms with Crippen molar-refractivity contribution in [1.29, 1.82) is 0 Å². The van der Waals surface area contributed by atoms with Gasteiger partial charge < -0.3 is 20.5 Å². The minimum Gasteiger partial charge on any atom is -0.491 e. The summed E-state index contributed by atoms with van der Waals surface area (Å²) in [6.07, 6.45) is -10.1. The Bertz CT molecular complexity index is 1510. The van der Waals surface area contributed by atoms with Crippen molar-refractivity contribution in [1.82, 2.24) is 10.6 Å². The molecule has 4 rings (SSSR count). The van der Waals surface area contributed by atoms with Gasteiger partial charge in [-0.1, -0.05) is 30.3 Å². The van der Waals surface area contributed by atoms with E-state index < -0.39 is 58.9 Å². The largest absolute Gasteiger partial charge is 0.491 e. The highest BCUT2D eigenvalue weighted by atomic mass is 32.3. The van der Waals surface area contributed by atoms with E-state index in [0.29, 0.717) is 43.0 Å². The molecular weight excluding hydrogens is 664 g/mol. The fraction of sp³-hybridized carbons (Fsp3) is 0.424. The first-order chi connectivity index (χ1) is 22.4. The molecule has 2 atom stereocenters. The van der Waals surface area contributed by atoms with Crippen LogP contribution < -0.4 is 19.7 Å². The number of hydrogen-bond acceptors (Lipinski definition) is 7. The van der Waals surface area contributed by atoms with Gasteiger partial charge in [-0.25, -0.2) is 0 Å². The average Bonchev–Trinajstić information content (AvgIpc) is 2.99. The van der Waals surface area contributed by atoms with E-state index in [1.165, 1.54) is 16.4 Å². The summed E-state index contributed by atoms with van der Waals surface area (Å²) >= 11 is 0. The number of nitrogens with zero attached hydrogens (tertiary/aromatic N) is 1. The Morgan fingerprint density at radius 1 is 0.917 bits per heavy atom. The van der Waals surface area contributed by atoms with Gasteiger partial charge in [0.15, 0.2) is 0 Å². The molecule has 0 aliphatic carbocycles. The number of aliphatic hydroxyl groups is 1. The predicted molar refractivity (Wildman–Crippen MR) is 172 cm³/mol. The van der Waals surface area contributed by atoms with E-state index >= 15 is 0 Å². The molecule has 0 radical (unpaired) electrons. The zero-order chi connectivity index (χ0) is 35.3. The van der Waals surface area contributed by atoms with Crippen LogP contribution in [0.5, 0.6) is 5.75 Å². The summed E-state index contributed by atoms with van der Waals surface area (Å²) in [5, 5.41) is 16.7. The number of hydrogen-bond donors (Lipinski definition) is 5. The number of amides is 1. The monoisotopic (exact) mass is 703 g/mol. The highest BCUT2D eigenvalue weighted by Gasteiger charge is 2.37. The number of carbonyl (C=O) groups is 1. The number of ether oxygens (including phenoxy) is 1. The SMILES string of the molecule is CC(C)Oc1cc(C(=O)N[C@@H](Cc2ccccc2)[C@H](O)CNCc2cc(C(F)(F)F)cc(C(F)(F)F)c2)cc(N2CCCCS2(O)O)c1. The first kappa shape index (κ1) is 37.3. The number of alkyl halides is 6. The summed E-state index contributed by atoms with van der Waals surface area (Å²) in [7, 11) is -3.12. The van der Waals surface area contributed by atoms with Gasteiger partial charge in [0, 0.05) is 31.3 Å². The van der Waals surface area contributed by atoms with Crippen LogP contribution in [0.3, 0.4) is 0 Å². The first-order valence-electron chi connectivity index (χ1n) is 15.3. The molecule has 15 heteroatoms. The van der Waals surface area contributed by atoms with Crippen LogP contribution in [0.1, 0.15) is 59.3 Å². The van der Waals surface area contributed by atoms with Gasteiger partial charge in [0.25, 0.3) is 5.91 Å². The summed E-state index contributed by atoms with van der Waals surface area (Å²) in [5.74, 6) is -0.124. The molecule has 1 aliphatic heterocycles. The van der Waals surface area contributed by atoms with Gasteiger partial charge in [-0.3, -0.25) is 18.2 Å². The maximum absolute atomic E-state index is 13.7. The van der Waals surface area contributed by atoms with Crippen LogP contribution in [0.4, 0.5) is 32.0 Å². The van der Waals surface area contributed by atoms with Crippen LogP contribution in [0.2, 0.25) is 0 Å². The Morgan fingerprint density at radius 2 is 1.56 bits per heavy atom. The molecule has 3 aromatic carbocycles. The van der Waals surface area contributed by atoms with E-state index in [9.17, 15) is 45.3 Å². The minimum absolute atomic E-state index is 0.0457. The van der Waals surface area contributed by atoms with Gasteiger partial charge in [0.1, 0.15) is 5.75 Å². The van der Waals surface area contributed by atoms with Gasteiger partial charge in [-0.2, -0.15) is 26.3 Å². The maximum Gasteiger partial charge on any atom is 0.416 e. The third-order valence-corrected chi connectivity index (χ3v) is 9.54. The van der Waals surface area contributed by atoms with Crippen LogP contribution >= 0.6 is 10.8 Å². The Hall–Kier alpha value is -3.50. The van der Waals surface area contributed by atoms with Crippen molar-refractivity contribution in [2.24, 2.45) is 0 Å². The van der Waals surface area contributed by atoms with Gasteiger partial charge in [-0.15, -0.1) is 10.8 Å². The number of carbonyl (C=O) groups excluding carboxylic acids is 1. The summed E-state index contributed by atoms with van der Waals surface area (Å²) < 4.78 is 109. The lowest BCUT2D eigenvalue weighted by Gasteiger charge is -2.47. The van der Waals surface area contributed by atoms with Crippen molar-refractivity contribution in [2.45, 2.75) is 70.3 Å². The summed E-state index contributed by atoms with van der Waals surface area (Å²) in [5.41, 5.74) is -1.94. The molecule has 0 saturated carbocycles. The Balaban J connectivity index is 1.56. The highest BCUT2D eigenvalue weighted by molar-refractivity contribution is 8.25. The van der Waals surface area contributed by atoms with Gasteiger partial charge >= 0.3 is 12.4 Å². The number of halogens is 6. The molecule has 264 valence electrons. The molecule has 1 saturated heterocycles. The van der Waals surface area contributed by atoms with E-state index in [4.69, 9.17) is 4.74 Å². The average molecular weight is 704 g/mol. The number of nitrogens with one attached hydrogen (secondary N) is 2. The van der Waals surface area contributed by atoms with Crippen molar-refractivity contribution in [3.05, 3.63) is 94.5 Å². The van der Waals surface area contributed by atoms with Crippen LogP contribution in [0.15, 0.2) is 66.7 Å². The second kappa shape index (κ2) is 15.4. The van der Waals surface area contributed by atoms with E-state index in [-0.39, 0.29) is 42.0 Å². The molecule has 1 aliphatic rings. The van der Waals surface area contributed by atoms with Crippen molar-refractivity contribution < 1.29 is 50.1 Å². The molecule has 1 amide bonds. The molecule has 0 bridgehead atoms. The fourth-order valence-electron chi connectivity index (χ4n) is 5.34. The standard InChI is InChI=1S/C33H39F6N3O5S/c1-21(2)47-28-16-24(15-27(18-28)42-10-6-7-11-48(42,45)46)31(44)41-29(14-22-8-4-3-5-9-22)30(43)20-40-19-23-12-25(32(34,35)36)17-26(13-23)33(37,38)39/h3-5,8-9,12-13,15-18,21,29-30,40,43,45-46H,6-7,10-11,14,19-20H2,1-2H3,(H,41,44)/t29-,30+/m0/s1. The van der Waals surface area contributed by atoms with Crippen molar-refractivity contribution >= 4 is 22.4 Å². The summed E-state index contributed by atoms with van der Waals surface area (Å²) in [6.45, 7) is 3.24. The van der Waals surface area contributed by atoms with Crippen LogP contribution in [-0.4, -0.2) is 57.2 Å². The maximum atomic E-state index is 13.7. The third-order valence-electron chi connectivity index (χ3n) is 7.61. The second-order valence-corrected chi connectivity index (χ2v) is 14.0. The normalized spacial score (nSPS) is 17.1. The predicted octanol–water partition coefficient (Wildman–Crippen LogP) is 7.27. The lowest BCUT2D eigenvalue weighted by Crippen LogP contribution is -2.48. The Morgan fingerprint density at radius 3 is 2.15 bits per heavy atom. The van der Waals surface area contributed by atoms with E-state index in [2.05, 4.69) is 10.6 Å². The van der Waals surface area contributed by atoms with Crippen LogP contribution in [0.25, 0.3) is 0 Å². The minimum atomic E-state index is -5.00. The highest BCUT2D eigenvalue weighted by Crippen LogP contribution is 2.50. The molecule has 0 spiro atoms. The number of benzene rings is 3. The van der Waals surface area contributed by atoms with Gasteiger partial charge in [-0.05, 0) is 74.6 Å². The van der Waals surface area contributed by atoms with Gasteiger partial charge in [0.05, 0.1) is 40.8 Å². The zero-order valence-electron chi connectivity index (χ0n) is 26.3. The quantitative estimate of drug-likeness (QED) is 0.126. The van der Waals surface area contributed by atoms with E-state index in [0.717, 1.165) is 5.56 Å². The molecular formula is C33H39F6N3O5S. The zero-order valence-corrected chi connectivity index (χ0v) is 27.1. The second-order valence-electron chi connectivity index (χ2n) is 11.9. The Kier molecular flexibility index (Phi) is 11.9. The molecule has 3 aromatic rings. The number of aliphatic hydroxyl groups excluding tert-OH is 1. The number of anilines is 1. The fourth-order valence-corrected chi connectivity index (χ4v) is 7.01. The van der Waals surface area contributed by atoms with E-state index in [1.54, 1.807) is 50.2 Å². The molecule has 1 heterocycles. The van der Waals surface area contributed by atoms with Crippen molar-refractivity contribution in [2.75, 3.05) is 23.1 Å². The van der Waals surface area contributed by atoms with Crippen LogP contribution in [0, 0.1) is 0 Å². The topological polar surface area (TPSA) is 114 Å². The molecule has 8 nitrogen and oxygen atoms in total. The Labute approximate surface area is 276 Å². The van der Waals surface area contributed by atoms with Crippen LogP contribution in [-0.2, 0) is 25.3 Å². The molecule has 5 N–H and O–H groups in total. The lowest BCUT2D eigenvalue weighted by molar-refractivity contribution is -0.143. The molecule has 0 unspecified atom stereocenters. The third kappa shape index (κ3) is 10.3. The smallest absolute Gasteiger partial charge is 0.416 e. The van der Waals surface area contributed by atoms with Gasteiger partial charge in [0.2, 0.25) is 0 Å². The first-order valence-corrected chi connectivity index (χ1v) is 17.0. The van der Waals surface area contributed by atoms with E-state index in [1.807, 2.05) is 0 Å². The lowest BCUT2D eigenvalue weighted by atomic mass is 10.00. The summed E-state index contributed by atoms with van der Waals surface area (Å²) in [4.78, 5) is 13.7. The van der Waals surface area contributed by atoms with Crippen molar-refractivity contribution in [3.8, 4) is 5.75 Å². The van der Waals surface area contributed by atoms with Crippen molar-refractivity contribution in [3.63, 3.8) is 0 Å².